The van der Waals surface area contributed by atoms with E-state index in [0.29, 0.717) is 11.2 Å². The minimum Gasteiger partial charge on any atom is -0.274 e. The maximum atomic E-state index is 12.7. The molecule has 3 rings (SSSR count). The molecule has 1 amide bonds. The Hall–Kier alpha value is -2.73. The first-order valence-corrected chi connectivity index (χ1v) is 7.78. The number of hydroxylamine groups is 2. The second kappa shape index (κ2) is 6.41. The summed E-state index contributed by atoms with van der Waals surface area (Å²) in [5.74, 6) is -0.231. The molecular formula is C18H20N4O2. The van der Waals surface area contributed by atoms with Crippen molar-refractivity contribution in [2.75, 3.05) is 14.2 Å². The van der Waals surface area contributed by atoms with Crippen molar-refractivity contribution >= 4 is 16.9 Å². The number of carbonyl (C=O) groups excluding carboxylic acids is 1. The van der Waals surface area contributed by atoms with Crippen molar-refractivity contribution in [1.82, 2.24) is 19.8 Å². The molecule has 6 heteroatoms. The van der Waals surface area contributed by atoms with E-state index in [0.717, 1.165) is 16.6 Å². The highest BCUT2D eigenvalue weighted by molar-refractivity contribution is 6.06. The molecule has 0 fully saturated rings. The number of carbonyl (C=O) groups is 1. The Kier molecular flexibility index (Phi) is 4.31. The summed E-state index contributed by atoms with van der Waals surface area (Å²) in [5, 5.41) is 6.32. The smallest absolute Gasteiger partial charge is 0.274 e. The summed E-state index contributed by atoms with van der Waals surface area (Å²) >= 11 is 0. The molecule has 0 saturated heterocycles. The summed E-state index contributed by atoms with van der Waals surface area (Å²) in [5.41, 5.74) is 2.90. The Morgan fingerprint density at radius 3 is 2.58 bits per heavy atom. The molecule has 0 spiro atoms. The van der Waals surface area contributed by atoms with Crippen LogP contribution in [0.4, 0.5) is 0 Å². The first kappa shape index (κ1) is 16.1. The normalized spacial score (nSPS) is 11.2. The second-order valence-corrected chi connectivity index (χ2v) is 5.83. The first-order valence-electron chi connectivity index (χ1n) is 7.78. The molecule has 6 nitrogen and oxygen atoms in total. The number of benzene rings is 1. The summed E-state index contributed by atoms with van der Waals surface area (Å²) in [6, 6.07) is 11.7. The lowest BCUT2D eigenvalue weighted by Crippen LogP contribution is -2.25. The van der Waals surface area contributed by atoms with Gasteiger partial charge in [-0.15, -0.1) is 0 Å². The Labute approximate surface area is 140 Å². The molecule has 0 radical (unpaired) electrons. The van der Waals surface area contributed by atoms with Crippen molar-refractivity contribution in [2.45, 2.75) is 19.9 Å². The fourth-order valence-corrected chi connectivity index (χ4v) is 2.58. The standard InChI is InChI=1S/C18H20N4O2/c1-12(2)22-17-15(11-19-22)14(18(23)21(3)24-4)10-16(20-17)13-8-6-5-7-9-13/h5-12H,1-4H3. The number of hydrogen-bond donors (Lipinski definition) is 0. The van der Waals surface area contributed by atoms with E-state index in [1.54, 1.807) is 19.3 Å². The Balaban J connectivity index is 2.27. The lowest BCUT2D eigenvalue weighted by molar-refractivity contribution is -0.0755. The molecule has 0 aliphatic carbocycles. The fourth-order valence-electron chi connectivity index (χ4n) is 2.58. The first-order chi connectivity index (χ1) is 11.5. The molecule has 0 bridgehead atoms. The van der Waals surface area contributed by atoms with Crippen molar-refractivity contribution < 1.29 is 9.63 Å². The molecule has 0 N–H and O–H groups in total. The van der Waals surface area contributed by atoms with Gasteiger partial charge in [0.2, 0.25) is 0 Å². The zero-order valence-corrected chi connectivity index (χ0v) is 14.2. The van der Waals surface area contributed by atoms with Gasteiger partial charge in [0.25, 0.3) is 5.91 Å². The van der Waals surface area contributed by atoms with Crippen molar-refractivity contribution in [1.29, 1.82) is 0 Å². The summed E-state index contributed by atoms with van der Waals surface area (Å²) in [6.07, 6.45) is 1.69. The second-order valence-electron chi connectivity index (χ2n) is 5.83. The van der Waals surface area contributed by atoms with Crippen LogP contribution in [0.15, 0.2) is 42.6 Å². The van der Waals surface area contributed by atoms with Gasteiger partial charge in [0.15, 0.2) is 5.65 Å². The molecule has 0 saturated carbocycles. The Bertz CT molecular complexity index is 871. The summed E-state index contributed by atoms with van der Waals surface area (Å²) in [7, 11) is 3.05. The molecule has 0 atom stereocenters. The highest BCUT2D eigenvalue weighted by Crippen LogP contribution is 2.27. The van der Waals surface area contributed by atoms with E-state index in [4.69, 9.17) is 9.82 Å². The van der Waals surface area contributed by atoms with E-state index in [2.05, 4.69) is 5.10 Å². The van der Waals surface area contributed by atoms with Crippen molar-refractivity contribution in [2.24, 2.45) is 0 Å². The molecule has 3 aromatic rings. The van der Waals surface area contributed by atoms with Crippen LogP contribution in [-0.4, -0.2) is 39.9 Å². The van der Waals surface area contributed by atoms with Gasteiger partial charge in [-0.05, 0) is 19.9 Å². The van der Waals surface area contributed by atoms with Gasteiger partial charge in [0.1, 0.15) is 0 Å². The molecule has 24 heavy (non-hydrogen) atoms. The largest absolute Gasteiger partial charge is 0.278 e. The molecule has 1 aromatic carbocycles. The molecule has 0 aliphatic rings. The minimum absolute atomic E-state index is 0.143. The number of amides is 1. The number of nitrogens with zero attached hydrogens (tertiary/aromatic N) is 4. The zero-order valence-electron chi connectivity index (χ0n) is 14.2. The number of pyridine rings is 1. The van der Waals surface area contributed by atoms with E-state index in [1.807, 2.05) is 48.9 Å². The van der Waals surface area contributed by atoms with Crippen LogP contribution in [0.1, 0.15) is 30.2 Å². The van der Waals surface area contributed by atoms with E-state index < -0.39 is 0 Å². The van der Waals surface area contributed by atoms with Gasteiger partial charge in [-0.3, -0.25) is 9.63 Å². The van der Waals surface area contributed by atoms with Gasteiger partial charge in [-0.25, -0.2) is 14.7 Å². The van der Waals surface area contributed by atoms with E-state index in [9.17, 15) is 4.79 Å². The average Bonchev–Trinajstić information content (AvgIpc) is 3.04. The highest BCUT2D eigenvalue weighted by atomic mass is 16.7. The van der Waals surface area contributed by atoms with Crippen molar-refractivity contribution in [3.05, 3.63) is 48.2 Å². The molecule has 124 valence electrons. The summed E-state index contributed by atoms with van der Waals surface area (Å²) in [6.45, 7) is 4.07. The third-order valence-corrected chi connectivity index (χ3v) is 3.92. The number of aromatic nitrogens is 3. The van der Waals surface area contributed by atoms with E-state index in [1.165, 1.54) is 12.2 Å². The monoisotopic (exact) mass is 324 g/mol. The van der Waals surface area contributed by atoms with Gasteiger partial charge in [0.05, 0.1) is 30.0 Å². The quantitative estimate of drug-likeness (QED) is 0.691. The topological polar surface area (TPSA) is 60.2 Å². The number of fused-ring (bicyclic) bond motifs is 1. The molecule has 0 aliphatic heterocycles. The van der Waals surface area contributed by atoms with Crippen LogP contribution in [0, 0.1) is 0 Å². The SMILES string of the molecule is CON(C)C(=O)c1cc(-c2ccccc2)nc2c1cnn2C(C)C. The van der Waals surface area contributed by atoms with Crippen LogP contribution in [0.2, 0.25) is 0 Å². The maximum absolute atomic E-state index is 12.7. The number of rotatable bonds is 4. The van der Waals surface area contributed by atoms with Gasteiger partial charge < -0.3 is 0 Å². The Morgan fingerprint density at radius 2 is 1.96 bits per heavy atom. The zero-order chi connectivity index (χ0) is 17.3. The predicted octanol–water partition coefficient (Wildman–Crippen LogP) is 3.31. The van der Waals surface area contributed by atoms with Crippen LogP contribution in [0.25, 0.3) is 22.3 Å². The lowest BCUT2D eigenvalue weighted by atomic mass is 10.1. The summed E-state index contributed by atoms with van der Waals surface area (Å²) in [4.78, 5) is 22.5. The van der Waals surface area contributed by atoms with Gasteiger partial charge in [-0.1, -0.05) is 30.3 Å². The highest BCUT2D eigenvalue weighted by Gasteiger charge is 2.20. The third-order valence-electron chi connectivity index (χ3n) is 3.92. The average molecular weight is 324 g/mol. The van der Waals surface area contributed by atoms with Gasteiger partial charge >= 0.3 is 0 Å². The van der Waals surface area contributed by atoms with Gasteiger partial charge in [-0.2, -0.15) is 5.10 Å². The van der Waals surface area contributed by atoms with Crippen LogP contribution in [0.5, 0.6) is 0 Å². The van der Waals surface area contributed by atoms with Crippen LogP contribution < -0.4 is 0 Å². The predicted molar refractivity (Wildman–Crippen MR) is 92.5 cm³/mol. The lowest BCUT2D eigenvalue weighted by Gasteiger charge is -2.15. The van der Waals surface area contributed by atoms with Crippen molar-refractivity contribution in [3.63, 3.8) is 0 Å². The molecule has 0 unspecified atom stereocenters. The van der Waals surface area contributed by atoms with Gasteiger partial charge in [0, 0.05) is 18.7 Å². The molecule has 2 aromatic heterocycles. The van der Waals surface area contributed by atoms with Crippen LogP contribution in [-0.2, 0) is 4.84 Å². The van der Waals surface area contributed by atoms with E-state index >= 15 is 0 Å². The fraction of sp³-hybridized carbons (Fsp3) is 0.278. The molecule has 2 heterocycles. The van der Waals surface area contributed by atoms with E-state index in [-0.39, 0.29) is 11.9 Å². The number of hydrogen-bond acceptors (Lipinski definition) is 4. The van der Waals surface area contributed by atoms with Crippen LogP contribution >= 0.6 is 0 Å². The maximum Gasteiger partial charge on any atom is 0.278 e. The van der Waals surface area contributed by atoms with Crippen LogP contribution in [0.3, 0.4) is 0 Å². The molecular weight excluding hydrogens is 304 g/mol. The minimum atomic E-state index is -0.231. The Morgan fingerprint density at radius 1 is 1.25 bits per heavy atom. The van der Waals surface area contributed by atoms with Crippen molar-refractivity contribution in [3.8, 4) is 11.3 Å². The summed E-state index contributed by atoms with van der Waals surface area (Å²) < 4.78 is 1.82. The third kappa shape index (κ3) is 2.76.